The first-order valence-electron chi connectivity index (χ1n) is 5.52. The molecule has 0 aliphatic heterocycles. The van der Waals surface area contributed by atoms with Gasteiger partial charge >= 0.3 is 5.97 Å². The van der Waals surface area contributed by atoms with Gasteiger partial charge in [-0.3, -0.25) is 0 Å². The molecule has 0 saturated carbocycles. The predicted molar refractivity (Wildman–Crippen MR) is 79.8 cm³/mol. The van der Waals surface area contributed by atoms with Crippen molar-refractivity contribution in [1.82, 2.24) is 0 Å². The number of aromatic carboxylic acids is 1. The largest absolute Gasteiger partial charge is 0.478 e. The summed E-state index contributed by atoms with van der Waals surface area (Å²) < 4.78 is 1.27. The Morgan fingerprint density at radius 2 is 2.11 bits per heavy atom. The quantitative estimate of drug-likeness (QED) is 0.841. The topological polar surface area (TPSA) is 49.3 Å². The molecular weight excluding hydrogens is 305 g/mol. The number of nitrogens with one attached hydrogen (secondary N) is 1. The van der Waals surface area contributed by atoms with E-state index < -0.39 is 5.97 Å². The Kier molecular flexibility index (Phi) is 4.34. The second kappa shape index (κ2) is 5.82. The van der Waals surface area contributed by atoms with Crippen LogP contribution in [0.2, 0.25) is 8.67 Å². The summed E-state index contributed by atoms with van der Waals surface area (Å²) in [5.74, 6) is -0.951. The summed E-state index contributed by atoms with van der Waals surface area (Å²) in [6, 6.07) is 8.40. The van der Waals surface area contributed by atoms with Crippen molar-refractivity contribution in [3.05, 3.63) is 50.1 Å². The fourth-order valence-corrected chi connectivity index (χ4v) is 3.36. The molecule has 0 fully saturated rings. The van der Waals surface area contributed by atoms with Gasteiger partial charge in [-0.15, -0.1) is 11.3 Å². The third-order valence-corrected chi connectivity index (χ3v) is 4.16. The SMILES string of the molecule is CC(Nc1cccc(C(=O)O)c1)c1cc(Cl)sc1Cl. The Morgan fingerprint density at radius 1 is 1.37 bits per heavy atom. The molecule has 0 aliphatic rings. The Labute approximate surface area is 124 Å². The van der Waals surface area contributed by atoms with Crippen LogP contribution in [0, 0.1) is 0 Å². The maximum Gasteiger partial charge on any atom is 0.335 e. The number of hydrogen-bond donors (Lipinski definition) is 2. The molecule has 19 heavy (non-hydrogen) atoms. The van der Waals surface area contributed by atoms with Crippen LogP contribution < -0.4 is 5.32 Å². The number of halogens is 2. The average molecular weight is 316 g/mol. The summed E-state index contributed by atoms with van der Waals surface area (Å²) in [4.78, 5) is 10.9. The van der Waals surface area contributed by atoms with Gasteiger partial charge in [-0.25, -0.2) is 4.79 Å². The lowest BCUT2D eigenvalue weighted by Crippen LogP contribution is -2.07. The van der Waals surface area contributed by atoms with E-state index in [4.69, 9.17) is 28.3 Å². The molecule has 2 aromatic rings. The van der Waals surface area contributed by atoms with E-state index in [1.54, 1.807) is 18.2 Å². The molecule has 1 aromatic carbocycles. The van der Waals surface area contributed by atoms with Gasteiger partial charge in [-0.2, -0.15) is 0 Å². The molecule has 3 nitrogen and oxygen atoms in total. The number of carbonyl (C=O) groups is 1. The van der Waals surface area contributed by atoms with Crippen molar-refractivity contribution in [3.8, 4) is 0 Å². The smallest absolute Gasteiger partial charge is 0.335 e. The number of rotatable bonds is 4. The number of hydrogen-bond acceptors (Lipinski definition) is 3. The molecule has 1 unspecified atom stereocenters. The van der Waals surface area contributed by atoms with E-state index in [0.717, 1.165) is 11.3 Å². The van der Waals surface area contributed by atoms with Gasteiger partial charge in [-0.1, -0.05) is 29.3 Å². The molecule has 0 radical (unpaired) electrons. The number of carboxylic acids is 1. The van der Waals surface area contributed by atoms with E-state index in [1.807, 2.05) is 19.1 Å². The van der Waals surface area contributed by atoms with Crippen molar-refractivity contribution in [2.75, 3.05) is 5.32 Å². The molecule has 0 saturated heterocycles. The van der Waals surface area contributed by atoms with E-state index in [9.17, 15) is 4.79 Å². The van der Waals surface area contributed by atoms with Crippen molar-refractivity contribution >= 4 is 46.2 Å². The fraction of sp³-hybridized carbons (Fsp3) is 0.154. The van der Waals surface area contributed by atoms with E-state index in [-0.39, 0.29) is 11.6 Å². The summed E-state index contributed by atoms with van der Waals surface area (Å²) in [6.07, 6.45) is 0. The average Bonchev–Trinajstić information content (AvgIpc) is 2.69. The molecule has 1 heterocycles. The van der Waals surface area contributed by atoms with Gasteiger partial charge in [0.1, 0.15) is 0 Å². The molecule has 2 N–H and O–H groups in total. The minimum atomic E-state index is -0.951. The summed E-state index contributed by atoms with van der Waals surface area (Å²) in [6.45, 7) is 1.94. The molecular formula is C13H11Cl2NO2S. The summed E-state index contributed by atoms with van der Waals surface area (Å²) in [5.41, 5.74) is 1.87. The maximum absolute atomic E-state index is 10.9. The van der Waals surface area contributed by atoms with Crippen LogP contribution in [0.5, 0.6) is 0 Å². The maximum atomic E-state index is 10.9. The molecule has 0 spiro atoms. The molecule has 0 amide bonds. The number of carboxylic acid groups (broad SMARTS) is 1. The third kappa shape index (κ3) is 3.41. The standard InChI is InChI=1S/C13H11Cl2NO2S/c1-7(10-6-11(14)19-12(10)15)16-9-4-2-3-8(5-9)13(17)18/h2-7,16H,1H3,(H,17,18). The van der Waals surface area contributed by atoms with Gasteiger partial charge in [-0.05, 0) is 31.2 Å². The van der Waals surface area contributed by atoms with Gasteiger partial charge in [0.2, 0.25) is 0 Å². The predicted octanol–water partition coefficient (Wildman–Crippen LogP) is 4.93. The Bertz CT molecular complexity index is 612. The van der Waals surface area contributed by atoms with Crippen LogP contribution in [0.25, 0.3) is 0 Å². The van der Waals surface area contributed by atoms with Gasteiger partial charge in [0.15, 0.2) is 0 Å². The molecule has 1 aromatic heterocycles. The zero-order chi connectivity index (χ0) is 14.0. The highest BCUT2D eigenvalue weighted by atomic mass is 35.5. The normalized spacial score (nSPS) is 12.2. The highest BCUT2D eigenvalue weighted by Gasteiger charge is 2.13. The Balaban J connectivity index is 2.19. The van der Waals surface area contributed by atoms with Crippen LogP contribution in [0.15, 0.2) is 30.3 Å². The van der Waals surface area contributed by atoms with Crippen LogP contribution in [0.3, 0.4) is 0 Å². The molecule has 2 rings (SSSR count). The van der Waals surface area contributed by atoms with Crippen LogP contribution in [0.4, 0.5) is 5.69 Å². The summed E-state index contributed by atoms with van der Waals surface area (Å²) in [7, 11) is 0. The van der Waals surface area contributed by atoms with Crippen molar-refractivity contribution in [3.63, 3.8) is 0 Å². The first-order chi connectivity index (χ1) is 8.97. The summed E-state index contributed by atoms with van der Waals surface area (Å²) in [5, 5.41) is 12.2. The first-order valence-corrected chi connectivity index (χ1v) is 7.09. The van der Waals surface area contributed by atoms with Crippen LogP contribution in [-0.4, -0.2) is 11.1 Å². The Morgan fingerprint density at radius 3 is 2.68 bits per heavy atom. The first kappa shape index (κ1) is 14.2. The van der Waals surface area contributed by atoms with E-state index in [2.05, 4.69) is 5.32 Å². The molecule has 0 aliphatic carbocycles. The van der Waals surface area contributed by atoms with Crippen molar-refractivity contribution in [2.24, 2.45) is 0 Å². The van der Waals surface area contributed by atoms with Crippen molar-refractivity contribution in [2.45, 2.75) is 13.0 Å². The zero-order valence-corrected chi connectivity index (χ0v) is 12.3. The van der Waals surface area contributed by atoms with E-state index in [0.29, 0.717) is 8.67 Å². The zero-order valence-electron chi connectivity index (χ0n) is 9.98. The minimum absolute atomic E-state index is 0.0553. The fourth-order valence-electron chi connectivity index (χ4n) is 1.72. The number of benzene rings is 1. The highest BCUT2D eigenvalue weighted by molar-refractivity contribution is 7.20. The lowest BCUT2D eigenvalue weighted by molar-refractivity contribution is 0.0697. The van der Waals surface area contributed by atoms with Gasteiger partial charge < -0.3 is 10.4 Å². The van der Waals surface area contributed by atoms with E-state index >= 15 is 0 Å². The van der Waals surface area contributed by atoms with Crippen molar-refractivity contribution in [1.29, 1.82) is 0 Å². The van der Waals surface area contributed by atoms with E-state index in [1.165, 1.54) is 11.3 Å². The second-order valence-corrected chi connectivity index (χ2v) is 6.32. The van der Waals surface area contributed by atoms with Gasteiger partial charge in [0, 0.05) is 11.3 Å². The minimum Gasteiger partial charge on any atom is -0.478 e. The number of anilines is 1. The lowest BCUT2D eigenvalue weighted by atomic mass is 10.1. The molecule has 6 heteroatoms. The molecule has 100 valence electrons. The highest BCUT2D eigenvalue weighted by Crippen LogP contribution is 2.36. The lowest BCUT2D eigenvalue weighted by Gasteiger charge is -2.15. The van der Waals surface area contributed by atoms with Gasteiger partial charge in [0.05, 0.1) is 20.3 Å². The van der Waals surface area contributed by atoms with Crippen LogP contribution in [0.1, 0.15) is 28.9 Å². The molecule has 1 atom stereocenters. The van der Waals surface area contributed by atoms with Crippen LogP contribution >= 0.6 is 34.5 Å². The monoisotopic (exact) mass is 315 g/mol. The third-order valence-electron chi connectivity index (χ3n) is 2.64. The Hall–Kier alpha value is -1.23. The number of thiophene rings is 1. The second-order valence-electron chi connectivity index (χ2n) is 4.03. The van der Waals surface area contributed by atoms with Crippen molar-refractivity contribution < 1.29 is 9.90 Å². The summed E-state index contributed by atoms with van der Waals surface area (Å²) >= 11 is 13.3. The molecule has 0 bridgehead atoms. The van der Waals surface area contributed by atoms with Crippen LogP contribution in [-0.2, 0) is 0 Å². The van der Waals surface area contributed by atoms with Gasteiger partial charge in [0.25, 0.3) is 0 Å².